The third-order valence-corrected chi connectivity index (χ3v) is 1.64. The Hall–Kier alpha value is -1.33. The van der Waals surface area contributed by atoms with Crippen LogP contribution in [-0.4, -0.2) is 6.04 Å². The number of nitrogens with one attached hydrogen (secondary N) is 1. The Kier molecular flexibility index (Phi) is 3.16. The van der Waals surface area contributed by atoms with E-state index in [1.165, 1.54) is 13.8 Å². The van der Waals surface area contributed by atoms with Gasteiger partial charge in [0.2, 0.25) is 5.82 Å². The number of hydrogen-bond acceptors (Lipinski definition) is 1. The van der Waals surface area contributed by atoms with Gasteiger partial charge in [-0.15, -0.1) is 0 Å². The normalized spacial score (nSPS) is 10.9. The van der Waals surface area contributed by atoms with E-state index >= 15 is 0 Å². The van der Waals surface area contributed by atoms with Gasteiger partial charge >= 0.3 is 0 Å². The lowest BCUT2D eigenvalue weighted by atomic mass is 10.2. The fourth-order valence-corrected chi connectivity index (χ4v) is 1.02. The van der Waals surface area contributed by atoms with Gasteiger partial charge < -0.3 is 5.32 Å². The molecule has 0 aliphatic carbocycles. The Morgan fingerprint density at radius 1 is 0.733 bits per heavy atom. The van der Waals surface area contributed by atoms with Gasteiger partial charge in [-0.2, -0.15) is 0 Å². The summed E-state index contributed by atoms with van der Waals surface area (Å²) >= 11 is 0. The standard InChI is InChI=1S/C9H8F5N/c1-3(2)15-9-7(13)5(11)4(10)6(12)8(9)14/h3,15H,1-2H3. The second kappa shape index (κ2) is 4.04. The number of halogens is 5. The van der Waals surface area contributed by atoms with Crippen LogP contribution in [0.2, 0.25) is 0 Å². The molecule has 0 radical (unpaired) electrons. The summed E-state index contributed by atoms with van der Waals surface area (Å²) in [4.78, 5) is 0. The SMILES string of the molecule is CC(C)Nc1c(F)c(F)c(F)c(F)c1F. The van der Waals surface area contributed by atoms with E-state index in [2.05, 4.69) is 5.32 Å². The van der Waals surface area contributed by atoms with Crippen molar-refractivity contribution in [3.8, 4) is 0 Å². The number of benzene rings is 1. The minimum Gasteiger partial charge on any atom is -0.378 e. The van der Waals surface area contributed by atoms with E-state index < -0.39 is 40.8 Å². The summed E-state index contributed by atoms with van der Waals surface area (Å²) in [5, 5.41) is 2.15. The molecule has 0 spiro atoms. The zero-order valence-electron chi connectivity index (χ0n) is 7.97. The predicted octanol–water partition coefficient (Wildman–Crippen LogP) is 3.20. The summed E-state index contributed by atoms with van der Waals surface area (Å²) in [6, 6.07) is -0.446. The van der Waals surface area contributed by atoms with Crippen LogP contribution in [0.4, 0.5) is 27.6 Å². The molecule has 0 bridgehead atoms. The van der Waals surface area contributed by atoms with Crippen molar-refractivity contribution < 1.29 is 22.0 Å². The van der Waals surface area contributed by atoms with Crippen LogP contribution in [-0.2, 0) is 0 Å². The van der Waals surface area contributed by atoms with Gasteiger partial charge in [0.15, 0.2) is 23.3 Å². The van der Waals surface area contributed by atoms with Crippen molar-refractivity contribution >= 4 is 5.69 Å². The van der Waals surface area contributed by atoms with E-state index in [-0.39, 0.29) is 0 Å². The Bertz CT molecular complexity index is 360. The zero-order valence-corrected chi connectivity index (χ0v) is 7.97. The molecule has 1 N–H and O–H groups in total. The highest BCUT2D eigenvalue weighted by molar-refractivity contribution is 5.48. The van der Waals surface area contributed by atoms with E-state index in [1.807, 2.05) is 0 Å². The third kappa shape index (κ3) is 2.03. The van der Waals surface area contributed by atoms with Crippen molar-refractivity contribution in [1.82, 2.24) is 0 Å². The molecule has 0 saturated heterocycles. The molecule has 0 atom stereocenters. The lowest BCUT2D eigenvalue weighted by Gasteiger charge is -2.13. The molecular formula is C9H8F5N. The molecule has 1 nitrogen and oxygen atoms in total. The summed E-state index contributed by atoms with van der Waals surface area (Å²) in [7, 11) is 0. The maximum Gasteiger partial charge on any atom is 0.200 e. The molecule has 0 aromatic heterocycles. The first-order valence-corrected chi connectivity index (χ1v) is 4.14. The molecule has 1 rings (SSSR count). The number of hydrogen-bond donors (Lipinski definition) is 1. The molecule has 0 saturated carbocycles. The molecule has 1 aromatic rings. The first-order valence-electron chi connectivity index (χ1n) is 4.14. The summed E-state index contributed by atoms with van der Waals surface area (Å²) in [5.41, 5.74) is -0.999. The van der Waals surface area contributed by atoms with Gasteiger partial charge in [0.05, 0.1) is 0 Å². The lowest BCUT2D eigenvalue weighted by Crippen LogP contribution is -2.15. The van der Waals surface area contributed by atoms with Gasteiger partial charge in [-0.1, -0.05) is 0 Å². The Morgan fingerprint density at radius 3 is 1.40 bits per heavy atom. The van der Waals surface area contributed by atoms with Gasteiger partial charge in [0, 0.05) is 6.04 Å². The van der Waals surface area contributed by atoms with Crippen molar-refractivity contribution in [3.05, 3.63) is 29.1 Å². The van der Waals surface area contributed by atoms with E-state index in [4.69, 9.17) is 0 Å². The van der Waals surface area contributed by atoms with Crippen LogP contribution in [0.25, 0.3) is 0 Å². The van der Waals surface area contributed by atoms with Gasteiger partial charge in [0.1, 0.15) is 5.69 Å². The summed E-state index contributed by atoms with van der Waals surface area (Å²) < 4.78 is 63.8. The van der Waals surface area contributed by atoms with Gasteiger partial charge in [-0.25, -0.2) is 22.0 Å². The highest BCUT2D eigenvalue weighted by atomic mass is 19.2. The largest absolute Gasteiger partial charge is 0.378 e. The minimum absolute atomic E-state index is 0.446. The van der Waals surface area contributed by atoms with Crippen LogP contribution < -0.4 is 5.32 Å². The predicted molar refractivity (Wildman–Crippen MR) is 45.0 cm³/mol. The molecule has 0 aliphatic rings. The van der Waals surface area contributed by atoms with Crippen molar-refractivity contribution in [1.29, 1.82) is 0 Å². The van der Waals surface area contributed by atoms with E-state index in [0.29, 0.717) is 0 Å². The van der Waals surface area contributed by atoms with Crippen molar-refractivity contribution in [2.75, 3.05) is 5.32 Å². The molecule has 1 aromatic carbocycles. The van der Waals surface area contributed by atoms with Crippen LogP contribution >= 0.6 is 0 Å². The fraction of sp³-hybridized carbons (Fsp3) is 0.333. The Morgan fingerprint density at radius 2 is 1.07 bits per heavy atom. The molecule has 6 heteroatoms. The molecule has 15 heavy (non-hydrogen) atoms. The molecule has 0 heterocycles. The minimum atomic E-state index is -2.15. The molecule has 0 fully saturated rings. The first-order chi connectivity index (χ1) is 6.86. The van der Waals surface area contributed by atoms with Gasteiger partial charge in [-0.05, 0) is 13.8 Å². The molecule has 0 unspecified atom stereocenters. The average Bonchev–Trinajstić information content (AvgIpc) is 2.18. The van der Waals surface area contributed by atoms with Crippen LogP contribution in [0.5, 0.6) is 0 Å². The Labute approximate surface area is 82.9 Å². The number of rotatable bonds is 2. The number of anilines is 1. The van der Waals surface area contributed by atoms with Crippen LogP contribution in [0.3, 0.4) is 0 Å². The molecule has 0 aliphatic heterocycles. The third-order valence-electron chi connectivity index (χ3n) is 1.64. The lowest BCUT2D eigenvalue weighted by molar-refractivity contribution is 0.381. The van der Waals surface area contributed by atoms with Crippen LogP contribution in [0.15, 0.2) is 0 Å². The quantitative estimate of drug-likeness (QED) is 0.463. The Balaban J connectivity index is 3.39. The highest BCUT2D eigenvalue weighted by Gasteiger charge is 2.25. The topological polar surface area (TPSA) is 12.0 Å². The maximum absolute atomic E-state index is 13.0. The van der Waals surface area contributed by atoms with Crippen molar-refractivity contribution in [3.63, 3.8) is 0 Å². The highest BCUT2D eigenvalue weighted by Crippen LogP contribution is 2.27. The maximum atomic E-state index is 13.0. The van der Waals surface area contributed by atoms with Gasteiger partial charge in [0.25, 0.3) is 0 Å². The van der Waals surface area contributed by atoms with E-state index in [1.54, 1.807) is 0 Å². The summed E-state index contributed by atoms with van der Waals surface area (Å²) in [6.07, 6.45) is 0. The van der Waals surface area contributed by atoms with Crippen molar-refractivity contribution in [2.45, 2.75) is 19.9 Å². The smallest absolute Gasteiger partial charge is 0.200 e. The molecular weight excluding hydrogens is 217 g/mol. The van der Waals surface area contributed by atoms with Crippen molar-refractivity contribution in [2.24, 2.45) is 0 Å². The first kappa shape index (κ1) is 11.7. The molecule has 84 valence electrons. The van der Waals surface area contributed by atoms with E-state index in [0.717, 1.165) is 0 Å². The van der Waals surface area contributed by atoms with Crippen LogP contribution in [0, 0.1) is 29.1 Å². The van der Waals surface area contributed by atoms with Gasteiger partial charge in [-0.3, -0.25) is 0 Å². The van der Waals surface area contributed by atoms with Crippen LogP contribution in [0.1, 0.15) is 13.8 Å². The second-order valence-electron chi connectivity index (χ2n) is 3.24. The summed E-state index contributed by atoms with van der Waals surface area (Å²) in [6.45, 7) is 3.02. The summed E-state index contributed by atoms with van der Waals surface area (Å²) in [5.74, 6) is -9.74. The monoisotopic (exact) mass is 225 g/mol. The molecule has 0 amide bonds. The van der Waals surface area contributed by atoms with E-state index in [9.17, 15) is 22.0 Å². The fourth-order valence-electron chi connectivity index (χ4n) is 1.02. The average molecular weight is 225 g/mol. The second-order valence-corrected chi connectivity index (χ2v) is 3.24. The zero-order chi connectivity index (χ0) is 11.7.